The van der Waals surface area contributed by atoms with Gasteiger partial charge in [-0.2, -0.15) is 18.4 Å². The molecule has 0 aliphatic heterocycles. The first-order valence-electron chi connectivity index (χ1n) is 6.75. The molecule has 0 saturated heterocycles. The van der Waals surface area contributed by atoms with Gasteiger partial charge in [-0.1, -0.05) is 12.1 Å². The van der Waals surface area contributed by atoms with Crippen LogP contribution in [-0.2, 0) is 17.5 Å². The first-order chi connectivity index (χ1) is 11.4. The Labute approximate surface area is 135 Å². The summed E-state index contributed by atoms with van der Waals surface area (Å²) in [6, 6.07) is 9.67. The maximum absolute atomic E-state index is 12.9. The normalized spacial score (nSPS) is 11.7. The van der Waals surface area contributed by atoms with E-state index in [2.05, 4.69) is 10.6 Å². The fourth-order valence-corrected chi connectivity index (χ4v) is 1.83. The fraction of sp³-hybridized carbons (Fsp3) is 0.125. The number of furan rings is 1. The molecule has 124 valence electrons. The number of hydrogen-bond donors (Lipinski definition) is 2. The van der Waals surface area contributed by atoms with Crippen LogP contribution in [-0.4, -0.2) is 5.91 Å². The van der Waals surface area contributed by atoms with Crippen molar-refractivity contribution in [3.05, 3.63) is 65.8 Å². The molecule has 0 unspecified atom stereocenters. The molecule has 0 spiro atoms. The number of halogens is 3. The van der Waals surface area contributed by atoms with Gasteiger partial charge in [0, 0.05) is 6.20 Å². The molecular formula is C16H12F3N3O2. The number of carbonyl (C=O) groups is 1. The molecule has 0 atom stereocenters. The average molecular weight is 335 g/mol. The smallest absolute Gasteiger partial charge is 0.418 e. The van der Waals surface area contributed by atoms with Gasteiger partial charge in [0.25, 0.3) is 5.91 Å². The highest BCUT2D eigenvalue weighted by atomic mass is 19.4. The zero-order chi connectivity index (χ0) is 17.6. The summed E-state index contributed by atoms with van der Waals surface area (Å²) in [4.78, 5) is 11.9. The average Bonchev–Trinajstić information content (AvgIpc) is 3.06. The summed E-state index contributed by atoms with van der Waals surface area (Å²) < 4.78 is 43.6. The van der Waals surface area contributed by atoms with E-state index < -0.39 is 17.6 Å². The Bertz CT molecular complexity index is 775. The zero-order valence-electron chi connectivity index (χ0n) is 12.2. The predicted octanol–water partition coefficient (Wildman–Crippen LogP) is 3.43. The van der Waals surface area contributed by atoms with Gasteiger partial charge in [0.15, 0.2) is 0 Å². The first kappa shape index (κ1) is 17.1. The zero-order valence-corrected chi connectivity index (χ0v) is 12.2. The maximum atomic E-state index is 12.9. The molecule has 5 nitrogen and oxygen atoms in total. The lowest BCUT2D eigenvalue weighted by atomic mass is 10.1. The third kappa shape index (κ3) is 4.39. The predicted molar refractivity (Wildman–Crippen MR) is 79.3 cm³/mol. The van der Waals surface area contributed by atoms with Gasteiger partial charge in [0.1, 0.15) is 17.4 Å². The van der Waals surface area contributed by atoms with Crippen LogP contribution < -0.4 is 10.6 Å². The van der Waals surface area contributed by atoms with E-state index in [0.717, 1.165) is 12.3 Å². The number of anilines is 1. The van der Waals surface area contributed by atoms with Gasteiger partial charge in [-0.15, -0.1) is 0 Å². The first-order valence-corrected chi connectivity index (χ1v) is 6.75. The minimum absolute atomic E-state index is 0.0595. The molecule has 1 heterocycles. The van der Waals surface area contributed by atoms with Gasteiger partial charge in [0.2, 0.25) is 0 Å². The van der Waals surface area contributed by atoms with Crippen LogP contribution in [0.2, 0.25) is 0 Å². The van der Waals surface area contributed by atoms with Crippen LogP contribution in [0.4, 0.5) is 18.9 Å². The Morgan fingerprint density at radius 3 is 2.62 bits per heavy atom. The molecule has 0 saturated carbocycles. The summed E-state index contributed by atoms with van der Waals surface area (Å²) in [5.74, 6) is -0.248. The molecule has 8 heteroatoms. The summed E-state index contributed by atoms with van der Waals surface area (Å²) in [5.41, 5.74) is -1.51. The fourth-order valence-electron chi connectivity index (χ4n) is 1.83. The molecule has 1 aromatic carbocycles. The van der Waals surface area contributed by atoms with Gasteiger partial charge in [-0.25, -0.2) is 0 Å². The number of amides is 1. The van der Waals surface area contributed by atoms with Crippen molar-refractivity contribution in [2.75, 3.05) is 5.32 Å². The van der Waals surface area contributed by atoms with E-state index in [1.54, 1.807) is 18.2 Å². The van der Waals surface area contributed by atoms with Crippen LogP contribution in [0, 0.1) is 11.3 Å². The summed E-state index contributed by atoms with van der Waals surface area (Å²) in [6.45, 7) is 0.0595. The van der Waals surface area contributed by atoms with Crippen LogP contribution in [0.1, 0.15) is 11.3 Å². The summed E-state index contributed by atoms with van der Waals surface area (Å²) in [6.07, 6.45) is -2.19. The van der Waals surface area contributed by atoms with Crippen molar-refractivity contribution in [3.63, 3.8) is 0 Å². The largest absolute Gasteiger partial charge is 0.467 e. The number of carbonyl (C=O) groups excluding carboxylic acids is 1. The third-order valence-corrected chi connectivity index (χ3v) is 2.97. The SMILES string of the molecule is N#C/C(=C/Nc1ccccc1C(F)(F)F)C(=O)NCc1ccco1. The lowest BCUT2D eigenvalue weighted by Crippen LogP contribution is -2.24. The lowest BCUT2D eigenvalue weighted by molar-refractivity contribution is -0.136. The lowest BCUT2D eigenvalue weighted by Gasteiger charge is -2.12. The maximum Gasteiger partial charge on any atom is 0.418 e. The van der Waals surface area contributed by atoms with Gasteiger partial charge in [0.05, 0.1) is 24.1 Å². The van der Waals surface area contributed by atoms with Crippen LogP contribution in [0.15, 0.2) is 58.9 Å². The highest BCUT2D eigenvalue weighted by Gasteiger charge is 2.33. The molecular weight excluding hydrogens is 323 g/mol. The van der Waals surface area contributed by atoms with Crippen molar-refractivity contribution in [2.45, 2.75) is 12.7 Å². The topological polar surface area (TPSA) is 78.1 Å². The Morgan fingerprint density at radius 1 is 1.25 bits per heavy atom. The summed E-state index contributed by atoms with van der Waals surface area (Å²) >= 11 is 0. The second kappa shape index (κ2) is 7.37. The second-order valence-corrected chi connectivity index (χ2v) is 4.62. The van der Waals surface area contributed by atoms with Gasteiger partial charge in [-0.3, -0.25) is 4.79 Å². The molecule has 1 amide bonds. The Morgan fingerprint density at radius 2 is 2.00 bits per heavy atom. The second-order valence-electron chi connectivity index (χ2n) is 4.62. The number of nitrogens with zero attached hydrogens (tertiary/aromatic N) is 1. The summed E-state index contributed by atoms with van der Waals surface area (Å²) in [5, 5.41) is 13.8. The molecule has 0 aliphatic carbocycles. The van der Waals surface area contributed by atoms with Gasteiger partial charge >= 0.3 is 6.18 Å². The number of rotatable bonds is 5. The van der Waals surface area contributed by atoms with E-state index in [1.807, 2.05) is 0 Å². The molecule has 24 heavy (non-hydrogen) atoms. The monoisotopic (exact) mass is 335 g/mol. The van der Waals surface area contributed by atoms with Crippen molar-refractivity contribution in [1.29, 1.82) is 5.26 Å². The van der Waals surface area contributed by atoms with E-state index in [4.69, 9.17) is 9.68 Å². The Kier molecular flexibility index (Phi) is 5.27. The van der Waals surface area contributed by atoms with E-state index in [0.29, 0.717) is 5.76 Å². The van der Waals surface area contributed by atoms with Crippen molar-refractivity contribution in [1.82, 2.24) is 5.32 Å². The minimum Gasteiger partial charge on any atom is -0.467 e. The van der Waals surface area contributed by atoms with Crippen LogP contribution in [0.3, 0.4) is 0 Å². The number of hydrogen-bond acceptors (Lipinski definition) is 4. The Balaban J connectivity index is 2.09. The third-order valence-electron chi connectivity index (χ3n) is 2.97. The molecule has 1 aromatic heterocycles. The standard InChI is InChI=1S/C16H12F3N3O2/c17-16(18,19)13-5-1-2-6-14(13)21-9-11(8-20)15(23)22-10-12-4-3-7-24-12/h1-7,9,21H,10H2,(H,22,23)/b11-9-. The molecule has 0 bridgehead atoms. The molecule has 0 radical (unpaired) electrons. The number of para-hydroxylation sites is 1. The van der Waals surface area contributed by atoms with Gasteiger partial charge < -0.3 is 15.1 Å². The highest BCUT2D eigenvalue weighted by molar-refractivity contribution is 5.97. The molecule has 0 fully saturated rings. The van der Waals surface area contributed by atoms with Crippen molar-refractivity contribution in [2.24, 2.45) is 0 Å². The van der Waals surface area contributed by atoms with E-state index >= 15 is 0 Å². The molecule has 2 aromatic rings. The van der Waals surface area contributed by atoms with Crippen molar-refractivity contribution in [3.8, 4) is 6.07 Å². The number of alkyl halides is 3. The van der Waals surface area contributed by atoms with E-state index in [-0.39, 0.29) is 17.8 Å². The van der Waals surface area contributed by atoms with Crippen LogP contribution in [0.25, 0.3) is 0 Å². The number of benzene rings is 1. The summed E-state index contributed by atoms with van der Waals surface area (Å²) in [7, 11) is 0. The van der Waals surface area contributed by atoms with Crippen molar-refractivity contribution >= 4 is 11.6 Å². The molecule has 0 aliphatic rings. The van der Waals surface area contributed by atoms with Crippen molar-refractivity contribution < 1.29 is 22.4 Å². The highest BCUT2D eigenvalue weighted by Crippen LogP contribution is 2.34. The van der Waals surface area contributed by atoms with Gasteiger partial charge in [-0.05, 0) is 24.3 Å². The van der Waals surface area contributed by atoms with E-state index in [1.165, 1.54) is 24.5 Å². The van der Waals surface area contributed by atoms with Crippen LogP contribution in [0.5, 0.6) is 0 Å². The van der Waals surface area contributed by atoms with E-state index in [9.17, 15) is 18.0 Å². The molecule has 2 rings (SSSR count). The minimum atomic E-state index is -4.55. The number of nitriles is 1. The Hall–Kier alpha value is -3.21. The number of nitrogens with one attached hydrogen (secondary N) is 2. The van der Waals surface area contributed by atoms with Crippen LogP contribution >= 0.6 is 0 Å². The molecule has 2 N–H and O–H groups in total. The quantitative estimate of drug-likeness (QED) is 0.648.